The van der Waals surface area contributed by atoms with Crippen molar-refractivity contribution >= 4 is 43.9 Å². The zero-order chi connectivity index (χ0) is 26.7. The van der Waals surface area contributed by atoms with Gasteiger partial charge in [0.05, 0.1) is 22.7 Å². The van der Waals surface area contributed by atoms with E-state index in [-0.39, 0.29) is 18.1 Å². The molecule has 4 N–H and O–H groups in total. The van der Waals surface area contributed by atoms with Gasteiger partial charge in [0.25, 0.3) is 0 Å². The number of nitrogens with zero attached hydrogens (tertiary/aromatic N) is 2. The lowest BCUT2D eigenvalue weighted by Crippen LogP contribution is -2.28. The molecular weight excluding hydrogens is 520 g/mol. The summed E-state index contributed by atoms with van der Waals surface area (Å²) in [6.07, 6.45) is 4.09. The van der Waals surface area contributed by atoms with Crippen molar-refractivity contribution in [3.63, 3.8) is 0 Å². The fourth-order valence-corrected chi connectivity index (χ4v) is 5.58. The van der Waals surface area contributed by atoms with E-state index in [0.29, 0.717) is 16.3 Å². The summed E-state index contributed by atoms with van der Waals surface area (Å²) in [5.74, 6) is -0.175. The molecule has 0 bridgehead atoms. The number of nitrogens with one attached hydrogen (secondary N) is 1. The molecule has 9 heteroatoms. The zero-order valence-electron chi connectivity index (χ0n) is 21.0. The number of aromatic nitrogens is 1. The summed E-state index contributed by atoms with van der Waals surface area (Å²) in [4.78, 5) is 10.5. The van der Waals surface area contributed by atoms with Crippen LogP contribution in [-0.4, -0.2) is 48.0 Å². The first-order valence-corrected chi connectivity index (χ1v) is 14.8. The predicted octanol–water partition coefficient (Wildman–Crippen LogP) is 5.51. The lowest BCUT2D eigenvalue weighted by Gasteiger charge is -2.26. The van der Waals surface area contributed by atoms with Crippen molar-refractivity contribution in [3.05, 3.63) is 94.0 Å². The smallest absolute Gasteiger partial charge is 0.209 e. The van der Waals surface area contributed by atoms with Crippen LogP contribution in [0.25, 0.3) is 10.9 Å². The topological polar surface area (TPSA) is 112 Å². The molecule has 0 atom stereocenters. The van der Waals surface area contributed by atoms with Crippen LogP contribution >= 0.6 is 11.6 Å². The van der Waals surface area contributed by atoms with Gasteiger partial charge in [-0.05, 0) is 79.9 Å². The van der Waals surface area contributed by atoms with Gasteiger partial charge in [0.15, 0.2) is 5.88 Å². The van der Waals surface area contributed by atoms with Crippen LogP contribution in [0, 0.1) is 0 Å². The van der Waals surface area contributed by atoms with Gasteiger partial charge in [-0.1, -0.05) is 48.4 Å². The second-order valence-corrected chi connectivity index (χ2v) is 12.0. The third kappa shape index (κ3) is 6.45. The summed E-state index contributed by atoms with van der Waals surface area (Å²) < 4.78 is 23.0. The number of sulfonamides is 1. The summed E-state index contributed by atoms with van der Waals surface area (Å²) in [5, 5.41) is 17.5. The van der Waals surface area contributed by atoms with Crippen LogP contribution in [0.5, 0.6) is 5.88 Å². The van der Waals surface area contributed by atoms with Crippen molar-refractivity contribution in [2.45, 2.75) is 32.2 Å². The summed E-state index contributed by atoms with van der Waals surface area (Å²) in [7, 11) is -3.59. The van der Waals surface area contributed by atoms with Crippen molar-refractivity contribution in [2.24, 2.45) is 10.1 Å². The maximum absolute atomic E-state index is 11.5. The average Bonchev–Trinajstić information content (AvgIpc) is 3.22. The molecule has 0 saturated carbocycles. The zero-order valence-corrected chi connectivity index (χ0v) is 22.6. The molecular formula is C29H31ClN4O3S. The number of aliphatic imine (C=N–C) groups is 1. The Balaban J connectivity index is 1.54. The van der Waals surface area contributed by atoms with Crippen molar-refractivity contribution in [3.8, 4) is 5.88 Å². The Labute approximate surface area is 228 Å². The second-order valence-electron chi connectivity index (χ2n) is 9.82. The number of piperidine rings is 1. The number of aryl methyl sites for hydroxylation is 1. The van der Waals surface area contributed by atoms with Crippen molar-refractivity contribution in [1.82, 2.24) is 9.88 Å². The van der Waals surface area contributed by atoms with Gasteiger partial charge in [0, 0.05) is 28.0 Å². The Morgan fingerprint density at radius 1 is 0.974 bits per heavy atom. The van der Waals surface area contributed by atoms with Gasteiger partial charge in [-0.15, -0.1) is 0 Å². The van der Waals surface area contributed by atoms with Crippen LogP contribution in [0.2, 0.25) is 5.02 Å². The number of hydrogen-bond donors (Lipinski definition) is 3. The number of hydrogen-bond acceptors (Lipinski definition) is 5. The van der Waals surface area contributed by atoms with E-state index in [1.165, 1.54) is 24.8 Å². The number of fused-ring (bicyclic) bond motifs is 1. The fraction of sp³-hybridized carbons (Fsp3) is 0.276. The minimum absolute atomic E-state index is 0.0148. The van der Waals surface area contributed by atoms with Gasteiger partial charge in [-0.2, -0.15) is 0 Å². The molecule has 7 nitrogen and oxygen atoms in total. The van der Waals surface area contributed by atoms with Gasteiger partial charge in [0.1, 0.15) is 0 Å². The molecule has 1 aromatic heterocycles. The molecule has 5 rings (SSSR count). The standard InChI is InChI=1S/C29H31ClN4O3S/c30-23-9-7-22(8-10-23)28(32-24-11-4-21(5-12-24)19-34-15-2-1-3-16-34)27-25-18-20(14-17-38(31,36)37)6-13-26(25)33-29(27)35/h4-13,18,33,35H,1-3,14-17,19H2,(H2,31,36,37). The van der Waals surface area contributed by atoms with Crippen molar-refractivity contribution in [1.29, 1.82) is 0 Å². The van der Waals surface area contributed by atoms with E-state index < -0.39 is 10.0 Å². The van der Waals surface area contributed by atoms with E-state index in [4.69, 9.17) is 21.7 Å². The monoisotopic (exact) mass is 550 g/mol. The van der Waals surface area contributed by atoms with Gasteiger partial charge < -0.3 is 10.1 Å². The number of likely N-dealkylation sites (tertiary alicyclic amines) is 1. The molecule has 0 aliphatic carbocycles. The quantitative estimate of drug-likeness (QED) is 0.251. The molecule has 0 amide bonds. The number of aromatic amines is 1. The normalized spacial score (nSPS) is 15.3. The third-order valence-electron chi connectivity index (χ3n) is 6.91. The highest BCUT2D eigenvalue weighted by molar-refractivity contribution is 7.89. The molecule has 1 aliphatic rings. The lowest BCUT2D eigenvalue weighted by atomic mass is 9.99. The molecule has 3 aromatic carbocycles. The average molecular weight is 551 g/mol. The number of H-pyrrole nitrogens is 1. The Morgan fingerprint density at radius 3 is 2.34 bits per heavy atom. The maximum Gasteiger partial charge on any atom is 0.209 e. The van der Waals surface area contributed by atoms with Crippen LogP contribution < -0.4 is 5.14 Å². The Hall–Kier alpha value is -3.17. The van der Waals surface area contributed by atoms with Gasteiger partial charge in [-0.3, -0.25) is 4.90 Å². The molecule has 1 aliphatic heterocycles. The largest absolute Gasteiger partial charge is 0.494 e. The minimum atomic E-state index is -3.59. The molecule has 0 spiro atoms. The van der Waals surface area contributed by atoms with Crippen LogP contribution in [-0.2, 0) is 23.0 Å². The van der Waals surface area contributed by atoms with Gasteiger partial charge in [-0.25, -0.2) is 18.5 Å². The molecule has 4 aromatic rings. The fourth-order valence-electron chi connectivity index (χ4n) is 4.93. The number of nitrogens with two attached hydrogens (primary N) is 1. The molecule has 0 radical (unpaired) electrons. The van der Waals surface area contributed by atoms with E-state index in [9.17, 15) is 13.5 Å². The SMILES string of the molecule is NS(=O)(=O)CCc1ccc2[nH]c(O)c(C(=Nc3ccc(CN4CCCCC4)cc3)c3ccc(Cl)cc3)c2c1. The Morgan fingerprint density at radius 2 is 1.66 bits per heavy atom. The van der Waals surface area contributed by atoms with Crippen LogP contribution in [0.4, 0.5) is 5.69 Å². The molecule has 2 heterocycles. The summed E-state index contributed by atoms with van der Waals surface area (Å²) in [5.41, 5.74) is 5.43. The first-order valence-electron chi connectivity index (χ1n) is 12.8. The number of primary sulfonamides is 1. The number of rotatable bonds is 8. The van der Waals surface area contributed by atoms with Gasteiger partial charge in [0.2, 0.25) is 10.0 Å². The summed E-state index contributed by atoms with van der Waals surface area (Å²) >= 11 is 6.16. The van der Waals surface area contributed by atoms with E-state index in [2.05, 4.69) is 22.0 Å². The highest BCUT2D eigenvalue weighted by Gasteiger charge is 2.20. The van der Waals surface area contributed by atoms with Crippen molar-refractivity contribution < 1.29 is 13.5 Å². The van der Waals surface area contributed by atoms with Crippen LogP contribution in [0.3, 0.4) is 0 Å². The molecule has 198 valence electrons. The molecule has 0 unspecified atom stereocenters. The van der Waals surface area contributed by atoms with E-state index in [1.807, 2.05) is 42.5 Å². The molecule has 1 saturated heterocycles. The molecule has 38 heavy (non-hydrogen) atoms. The van der Waals surface area contributed by atoms with Crippen LogP contribution in [0.1, 0.15) is 41.5 Å². The van der Waals surface area contributed by atoms with E-state index >= 15 is 0 Å². The van der Waals surface area contributed by atoms with Crippen LogP contribution in [0.15, 0.2) is 71.7 Å². The highest BCUT2D eigenvalue weighted by Crippen LogP contribution is 2.33. The Bertz CT molecular complexity index is 1560. The van der Waals surface area contributed by atoms with E-state index in [0.717, 1.165) is 47.4 Å². The summed E-state index contributed by atoms with van der Waals surface area (Å²) in [6.45, 7) is 3.21. The number of halogens is 1. The Kier molecular flexibility index (Phi) is 7.85. The number of aromatic hydroxyl groups is 1. The first kappa shape index (κ1) is 26.4. The summed E-state index contributed by atoms with van der Waals surface area (Å²) in [6, 6.07) is 21.1. The third-order valence-corrected chi connectivity index (χ3v) is 7.93. The molecule has 1 fully saturated rings. The maximum atomic E-state index is 11.5. The van der Waals surface area contributed by atoms with E-state index in [1.54, 1.807) is 12.1 Å². The minimum Gasteiger partial charge on any atom is -0.494 e. The van der Waals surface area contributed by atoms with Crippen molar-refractivity contribution in [2.75, 3.05) is 18.8 Å². The second kappa shape index (κ2) is 11.3. The lowest BCUT2D eigenvalue weighted by molar-refractivity contribution is 0.221. The highest BCUT2D eigenvalue weighted by atomic mass is 35.5. The predicted molar refractivity (Wildman–Crippen MR) is 154 cm³/mol. The first-order chi connectivity index (χ1) is 18.2. The number of benzene rings is 3. The van der Waals surface area contributed by atoms with Gasteiger partial charge >= 0.3 is 0 Å².